The molecule has 0 aliphatic carbocycles. The van der Waals surface area contributed by atoms with Crippen molar-refractivity contribution in [2.45, 2.75) is 19.9 Å². The second-order valence-electron chi connectivity index (χ2n) is 5.47. The van der Waals surface area contributed by atoms with Gasteiger partial charge in [-0.2, -0.15) is 15.3 Å². The van der Waals surface area contributed by atoms with Crippen LogP contribution in [0, 0.1) is 0 Å². The molecule has 0 saturated heterocycles. The van der Waals surface area contributed by atoms with Crippen molar-refractivity contribution in [3.05, 3.63) is 48.5 Å². The number of nitrogens with zero attached hydrogens (tertiary/aromatic N) is 5. The van der Waals surface area contributed by atoms with Crippen LogP contribution in [-0.4, -0.2) is 42.1 Å². The molecule has 3 aromatic heterocycles. The molecular formula is C16H17LiN6O2. The van der Waals surface area contributed by atoms with Gasteiger partial charge in [-0.1, -0.05) is 0 Å². The van der Waals surface area contributed by atoms with Crippen LogP contribution in [0.3, 0.4) is 0 Å². The summed E-state index contributed by atoms with van der Waals surface area (Å²) < 4.78 is 1.59. The molecule has 0 radical (unpaired) electrons. The van der Waals surface area contributed by atoms with Crippen LogP contribution < -0.4 is 24.2 Å². The van der Waals surface area contributed by atoms with Crippen molar-refractivity contribution in [2.75, 3.05) is 5.32 Å². The Labute approximate surface area is 158 Å². The number of hydrogen-bond donors (Lipinski definition) is 2. The van der Waals surface area contributed by atoms with Gasteiger partial charge in [-0.15, -0.1) is 0 Å². The maximum atomic E-state index is 11.3. The summed E-state index contributed by atoms with van der Waals surface area (Å²) in [5.74, 6) is -0.502. The van der Waals surface area contributed by atoms with E-state index >= 15 is 0 Å². The van der Waals surface area contributed by atoms with Crippen molar-refractivity contribution in [2.24, 2.45) is 0 Å². The molecule has 3 aromatic rings. The number of carboxylic acid groups (broad SMARTS) is 1. The second-order valence-corrected chi connectivity index (χ2v) is 5.47. The molecule has 0 saturated carbocycles. The van der Waals surface area contributed by atoms with Crippen LogP contribution >= 0.6 is 0 Å². The number of rotatable bonds is 5. The number of nitrogens with one attached hydrogen (secondary N) is 1. The van der Waals surface area contributed by atoms with Gasteiger partial charge in [0.2, 0.25) is 0 Å². The van der Waals surface area contributed by atoms with Gasteiger partial charge in [0.15, 0.2) is 5.82 Å². The number of hydrogen-bond acceptors (Lipinski definition) is 6. The molecule has 0 unspecified atom stereocenters. The van der Waals surface area contributed by atoms with E-state index in [1.54, 1.807) is 29.3 Å². The van der Waals surface area contributed by atoms with Crippen LogP contribution in [0.15, 0.2) is 43.0 Å². The van der Waals surface area contributed by atoms with Gasteiger partial charge >= 0.3 is 24.8 Å². The van der Waals surface area contributed by atoms with Crippen molar-refractivity contribution >= 4 is 11.7 Å². The number of carbonyl (C=O) groups is 1. The number of anilines is 1. The van der Waals surface area contributed by atoms with Gasteiger partial charge in [-0.25, -0.2) is 14.5 Å². The molecule has 25 heavy (non-hydrogen) atoms. The summed E-state index contributed by atoms with van der Waals surface area (Å²) in [6, 6.07) is 5.41. The van der Waals surface area contributed by atoms with Crippen LogP contribution in [-0.2, 0) is 0 Å². The normalized spacial score (nSPS) is 10.4. The summed E-state index contributed by atoms with van der Waals surface area (Å²) in [6.07, 6.45) is 6.31. The zero-order chi connectivity index (χ0) is 17.1. The first kappa shape index (κ1) is 18.6. The summed E-state index contributed by atoms with van der Waals surface area (Å²) in [4.78, 5) is 15.5. The standard InChI is InChI=1S/C16H16N6O2.Li.H/c1-10(2)20-14-7-15(17-9-12(14)16(23)24)22-6-4-13(21-22)11-3-5-18-19-8-11;;/h3-10H,1-2H3,(H,17,20)(H,23,24);;/q;+1;-1. The van der Waals surface area contributed by atoms with Crippen molar-refractivity contribution < 1.29 is 30.2 Å². The topological polar surface area (TPSA) is 106 Å². The average molecular weight is 332 g/mol. The van der Waals surface area contributed by atoms with Gasteiger partial charge in [0.25, 0.3) is 0 Å². The minimum Gasteiger partial charge on any atom is -1.00 e. The Hall–Kier alpha value is -2.69. The molecule has 3 rings (SSSR count). The fraction of sp³-hybridized carbons (Fsp3) is 0.188. The summed E-state index contributed by atoms with van der Waals surface area (Å²) >= 11 is 0. The largest absolute Gasteiger partial charge is 1.00 e. The van der Waals surface area contributed by atoms with Gasteiger partial charge < -0.3 is 11.8 Å². The minimum absolute atomic E-state index is 0. The molecule has 9 heteroatoms. The number of aromatic nitrogens is 5. The summed E-state index contributed by atoms with van der Waals surface area (Å²) in [7, 11) is 0. The first-order chi connectivity index (χ1) is 11.5. The molecule has 0 amide bonds. The van der Waals surface area contributed by atoms with Crippen LogP contribution in [0.25, 0.3) is 17.1 Å². The van der Waals surface area contributed by atoms with E-state index in [-0.39, 0.29) is 31.9 Å². The summed E-state index contributed by atoms with van der Waals surface area (Å²) in [6.45, 7) is 3.88. The Morgan fingerprint density at radius 3 is 2.72 bits per heavy atom. The summed E-state index contributed by atoms with van der Waals surface area (Å²) in [5, 5.41) is 24.4. The molecular weight excluding hydrogens is 315 g/mol. The van der Waals surface area contributed by atoms with E-state index in [1.807, 2.05) is 26.0 Å². The fourth-order valence-electron chi connectivity index (χ4n) is 2.22. The molecule has 2 N–H and O–H groups in total. The smallest absolute Gasteiger partial charge is 1.00 e. The molecule has 0 atom stereocenters. The Morgan fingerprint density at radius 2 is 2.08 bits per heavy atom. The Morgan fingerprint density at radius 1 is 1.28 bits per heavy atom. The summed E-state index contributed by atoms with van der Waals surface area (Å²) in [5.41, 5.74) is 2.20. The van der Waals surface area contributed by atoms with Gasteiger partial charge in [0.05, 0.1) is 23.8 Å². The Kier molecular flexibility index (Phi) is 5.91. The Bertz CT molecular complexity index is 872. The molecule has 124 valence electrons. The maximum Gasteiger partial charge on any atom is 1.00 e. The molecule has 0 bridgehead atoms. The van der Waals surface area contributed by atoms with Crippen molar-refractivity contribution in [1.82, 2.24) is 25.0 Å². The van der Waals surface area contributed by atoms with E-state index in [9.17, 15) is 9.90 Å². The zero-order valence-corrected chi connectivity index (χ0v) is 14.2. The quantitative estimate of drug-likeness (QED) is 0.599. The first-order valence-electron chi connectivity index (χ1n) is 7.37. The number of carboxylic acids is 1. The second kappa shape index (κ2) is 7.92. The van der Waals surface area contributed by atoms with Crippen LogP contribution in [0.2, 0.25) is 0 Å². The molecule has 0 fully saturated rings. The molecule has 8 nitrogen and oxygen atoms in total. The van der Waals surface area contributed by atoms with E-state index in [0.717, 1.165) is 11.3 Å². The monoisotopic (exact) mass is 332 g/mol. The minimum atomic E-state index is -1.03. The van der Waals surface area contributed by atoms with Gasteiger partial charge in [-0.05, 0) is 26.0 Å². The fourth-order valence-corrected chi connectivity index (χ4v) is 2.22. The van der Waals surface area contributed by atoms with Gasteiger partial charge in [-0.3, -0.25) is 0 Å². The van der Waals surface area contributed by atoms with Gasteiger partial charge in [0, 0.05) is 30.1 Å². The average Bonchev–Trinajstić information content (AvgIpc) is 3.05. The first-order valence-corrected chi connectivity index (χ1v) is 7.37. The molecule has 0 spiro atoms. The van der Waals surface area contributed by atoms with E-state index in [4.69, 9.17) is 0 Å². The van der Waals surface area contributed by atoms with E-state index in [0.29, 0.717) is 11.5 Å². The van der Waals surface area contributed by atoms with Crippen molar-refractivity contribution in [3.63, 3.8) is 0 Å². The molecule has 0 aromatic carbocycles. The molecule has 0 aliphatic rings. The third-order valence-electron chi connectivity index (χ3n) is 3.27. The van der Waals surface area contributed by atoms with E-state index in [2.05, 4.69) is 25.6 Å². The number of pyridine rings is 1. The van der Waals surface area contributed by atoms with Crippen LogP contribution in [0.4, 0.5) is 5.69 Å². The van der Waals surface area contributed by atoms with Gasteiger partial charge in [0.1, 0.15) is 5.56 Å². The van der Waals surface area contributed by atoms with Crippen molar-refractivity contribution in [1.29, 1.82) is 0 Å². The Balaban J connectivity index is 0.00000169. The SMILES string of the molecule is CC(C)Nc1cc(-n2ccc(-c3ccnnc3)n2)ncc1C(=O)O.[H-].[Li+]. The van der Waals surface area contributed by atoms with E-state index < -0.39 is 5.97 Å². The molecule has 3 heterocycles. The van der Waals surface area contributed by atoms with E-state index in [1.165, 1.54) is 6.20 Å². The molecule has 0 aliphatic heterocycles. The predicted octanol–water partition coefficient (Wildman–Crippen LogP) is -0.641. The third-order valence-corrected chi connectivity index (χ3v) is 3.27. The number of aromatic carboxylic acids is 1. The maximum absolute atomic E-state index is 11.3. The van der Waals surface area contributed by atoms with Crippen molar-refractivity contribution in [3.8, 4) is 17.1 Å². The zero-order valence-electron chi connectivity index (χ0n) is 15.2. The van der Waals surface area contributed by atoms with Crippen LogP contribution in [0.5, 0.6) is 0 Å². The van der Waals surface area contributed by atoms with Crippen LogP contribution in [0.1, 0.15) is 25.6 Å². The predicted molar refractivity (Wildman–Crippen MR) is 89.2 cm³/mol. The third kappa shape index (κ3) is 4.24.